The highest BCUT2D eigenvalue weighted by Gasteiger charge is 2.12. The molecule has 2 aromatic rings. The van der Waals surface area contributed by atoms with Gasteiger partial charge in [-0.15, -0.1) is 0 Å². The van der Waals surface area contributed by atoms with Crippen molar-refractivity contribution < 1.29 is 9.59 Å². The Hall–Kier alpha value is -2.11. The summed E-state index contributed by atoms with van der Waals surface area (Å²) in [4.78, 5) is 28.1. The van der Waals surface area contributed by atoms with Gasteiger partial charge in [-0.05, 0) is 36.8 Å². The van der Waals surface area contributed by atoms with Crippen LogP contribution in [0.25, 0.3) is 0 Å². The van der Waals surface area contributed by atoms with E-state index in [0.717, 1.165) is 6.42 Å². The number of carbonyl (C=O) groups is 2. The molecule has 0 aliphatic carbocycles. The summed E-state index contributed by atoms with van der Waals surface area (Å²) < 4.78 is 0. The lowest BCUT2D eigenvalue weighted by Crippen LogP contribution is -2.24. The lowest BCUT2D eigenvalue weighted by Gasteiger charge is -2.07. The zero-order valence-corrected chi connectivity index (χ0v) is 13.9. The van der Waals surface area contributed by atoms with E-state index in [4.69, 9.17) is 23.2 Å². The molecule has 0 fully saturated rings. The molecule has 120 valence electrons. The Kier molecular flexibility index (Phi) is 5.96. The Balaban J connectivity index is 2.13. The maximum atomic E-state index is 12.2. The van der Waals surface area contributed by atoms with Crippen LogP contribution in [0.15, 0.2) is 36.5 Å². The number of amides is 2. The minimum Gasteiger partial charge on any atom is -0.352 e. The molecular weight excluding hydrogens is 337 g/mol. The first-order chi connectivity index (χ1) is 11.0. The van der Waals surface area contributed by atoms with E-state index in [1.807, 2.05) is 6.92 Å². The van der Waals surface area contributed by atoms with E-state index in [0.29, 0.717) is 27.8 Å². The lowest BCUT2D eigenvalue weighted by molar-refractivity contribution is 0.0953. The first-order valence-electron chi connectivity index (χ1n) is 7.02. The van der Waals surface area contributed by atoms with Crippen molar-refractivity contribution in [3.63, 3.8) is 0 Å². The number of hydrogen-bond acceptors (Lipinski definition) is 3. The maximum Gasteiger partial charge on any atom is 0.274 e. The lowest BCUT2D eigenvalue weighted by atomic mass is 10.2. The van der Waals surface area contributed by atoms with Crippen molar-refractivity contribution >= 4 is 40.7 Å². The molecule has 0 atom stereocenters. The minimum atomic E-state index is -0.437. The molecule has 0 radical (unpaired) electrons. The summed E-state index contributed by atoms with van der Waals surface area (Å²) in [6.07, 6.45) is 2.26. The maximum absolute atomic E-state index is 12.2. The molecule has 0 bridgehead atoms. The molecule has 2 N–H and O–H groups in total. The molecule has 1 heterocycles. The quantitative estimate of drug-likeness (QED) is 0.860. The highest BCUT2D eigenvalue weighted by atomic mass is 35.5. The third kappa shape index (κ3) is 4.68. The van der Waals surface area contributed by atoms with Crippen molar-refractivity contribution in [2.45, 2.75) is 13.3 Å². The average Bonchev–Trinajstić information content (AvgIpc) is 2.56. The zero-order valence-electron chi connectivity index (χ0n) is 12.4. The van der Waals surface area contributed by atoms with E-state index in [1.54, 1.807) is 24.3 Å². The molecule has 0 spiro atoms. The van der Waals surface area contributed by atoms with E-state index >= 15 is 0 Å². The normalized spacial score (nSPS) is 10.2. The van der Waals surface area contributed by atoms with Gasteiger partial charge in [-0.3, -0.25) is 14.6 Å². The van der Waals surface area contributed by atoms with E-state index < -0.39 is 5.91 Å². The predicted molar refractivity (Wildman–Crippen MR) is 91.3 cm³/mol. The molecule has 0 aliphatic heterocycles. The fraction of sp³-hybridized carbons (Fsp3) is 0.188. The highest BCUT2D eigenvalue weighted by molar-refractivity contribution is 6.42. The molecule has 0 unspecified atom stereocenters. The number of carbonyl (C=O) groups excluding carboxylic acids is 2. The summed E-state index contributed by atoms with van der Waals surface area (Å²) >= 11 is 11.7. The Morgan fingerprint density at radius 3 is 2.57 bits per heavy atom. The van der Waals surface area contributed by atoms with Crippen molar-refractivity contribution in [1.29, 1.82) is 0 Å². The molecule has 5 nitrogen and oxygen atoms in total. The summed E-state index contributed by atoms with van der Waals surface area (Å²) in [5, 5.41) is 6.15. The number of rotatable bonds is 5. The minimum absolute atomic E-state index is 0.139. The van der Waals surface area contributed by atoms with Crippen LogP contribution in [0.5, 0.6) is 0 Å². The largest absolute Gasteiger partial charge is 0.352 e. The Morgan fingerprint density at radius 2 is 1.87 bits per heavy atom. The van der Waals surface area contributed by atoms with Crippen LogP contribution in [0.4, 0.5) is 5.69 Å². The van der Waals surface area contributed by atoms with Gasteiger partial charge in [0.1, 0.15) is 5.69 Å². The molecule has 0 aliphatic rings. The Morgan fingerprint density at radius 1 is 1.09 bits per heavy atom. The van der Waals surface area contributed by atoms with Crippen molar-refractivity contribution in [3.8, 4) is 0 Å². The van der Waals surface area contributed by atoms with Gasteiger partial charge >= 0.3 is 0 Å². The van der Waals surface area contributed by atoms with Gasteiger partial charge in [0.15, 0.2) is 0 Å². The van der Waals surface area contributed by atoms with Crippen LogP contribution in [0.2, 0.25) is 10.0 Å². The number of halogens is 2. The highest BCUT2D eigenvalue weighted by Crippen LogP contribution is 2.25. The summed E-state index contributed by atoms with van der Waals surface area (Å²) in [7, 11) is 0. The van der Waals surface area contributed by atoms with Gasteiger partial charge in [-0.25, -0.2) is 0 Å². The number of hydrogen-bond donors (Lipinski definition) is 2. The smallest absolute Gasteiger partial charge is 0.274 e. The fourth-order valence-electron chi connectivity index (χ4n) is 1.81. The standard InChI is InChI=1S/C16H15Cl2N3O2/c1-2-6-20-15(22)10-5-7-19-14(8-10)16(23)21-11-3-4-12(17)13(18)9-11/h3-5,7-9H,2,6H2,1H3,(H,20,22)(H,21,23). The molecule has 2 rings (SSSR count). The van der Waals surface area contributed by atoms with E-state index in [2.05, 4.69) is 15.6 Å². The van der Waals surface area contributed by atoms with Crippen LogP contribution in [0, 0.1) is 0 Å². The second kappa shape index (κ2) is 7.94. The number of aromatic nitrogens is 1. The molecule has 23 heavy (non-hydrogen) atoms. The van der Waals surface area contributed by atoms with Crippen LogP contribution in [-0.2, 0) is 0 Å². The van der Waals surface area contributed by atoms with Gasteiger partial charge in [0.2, 0.25) is 0 Å². The summed E-state index contributed by atoms with van der Waals surface area (Å²) in [5.74, 6) is -0.675. The van der Waals surface area contributed by atoms with Crippen molar-refractivity contribution in [2.75, 3.05) is 11.9 Å². The monoisotopic (exact) mass is 351 g/mol. The van der Waals surface area contributed by atoms with Crippen LogP contribution in [-0.4, -0.2) is 23.3 Å². The SMILES string of the molecule is CCCNC(=O)c1ccnc(C(=O)Nc2ccc(Cl)c(Cl)c2)c1. The summed E-state index contributed by atoms with van der Waals surface area (Å²) in [6, 6.07) is 7.75. The van der Waals surface area contributed by atoms with E-state index in [-0.39, 0.29) is 11.6 Å². The number of anilines is 1. The second-order valence-corrected chi connectivity index (χ2v) is 5.58. The number of pyridine rings is 1. The summed E-state index contributed by atoms with van der Waals surface area (Å²) in [6.45, 7) is 2.54. The average molecular weight is 352 g/mol. The number of nitrogens with one attached hydrogen (secondary N) is 2. The van der Waals surface area contributed by atoms with Crippen molar-refractivity contribution in [2.24, 2.45) is 0 Å². The Bertz CT molecular complexity index is 735. The van der Waals surface area contributed by atoms with Gasteiger partial charge < -0.3 is 10.6 Å². The topological polar surface area (TPSA) is 71.1 Å². The van der Waals surface area contributed by atoms with Crippen LogP contribution in [0.3, 0.4) is 0 Å². The van der Waals surface area contributed by atoms with Crippen molar-refractivity contribution in [3.05, 3.63) is 57.8 Å². The van der Waals surface area contributed by atoms with Crippen LogP contribution < -0.4 is 10.6 Å². The third-order valence-corrected chi connectivity index (χ3v) is 3.71. The molecule has 7 heteroatoms. The fourth-order valence-corrected chi connectivity index (χ4v) is 2.10. The molecule has 1 aromatic heterocycles. The van der Waals surface area contributed by atoms with Crippen molar-refractivity contribution in [1.82, 2.24) is 10.3 Å². The second-order valence-electron chi connectivity index (χ2n) is 4.77. The van der Waals surface area contributed by atoms with Gasteiger partial charge in [0.05, 0.1) is 10.0 Å². The Labute approximate surface area is 144 Å². The predicted octanol–water partition coefficient (Wildman–Crippen LogP) is 3.78. The molecule has 2 amide bonds. The van der Waals surface area contributed by atoms with Gasteiger partial charge in [-0.1, -0.05) is 30.1 Å². The van der Waals surface area contributed by atoms with Gasteiger partial charge in [0.25, 0.3) is 11.8 Å². The van der Waals surface area contributed by atoms with Crippen LogP contribution >= 0.6 is 23.2 Å². The molecule has 0 saturated carbocycles. The third-order valence-electron chi connectivity index (χ3n) is 2.97. The van der Waals surface area contributed by atoms with Gasteiger partial charge in [0, 0.05) is 24.0 Å². The molecule has 0 saturated heterocycles. The molecule has 1 aromatic carbocycles. The van der Waals surface area contributed by atoms with E-state index in [9.17, 15) is 9.59 Å². The first-order valence-corrected chi connectivity index (χ1v) is 7.77. The summed E-state index contributed by atoms with van der Waals surface area (Å²) in [5.41, 5.74) is 1.01. The van der Waals surface area contributed by atoms with Crippen LogP contribution in [0.1, 0.15) is 34.2 Å². The first kappa shape index (κ1) is 17.2. The number of benzene rings is 1. The number of nitrogens with zero attached hydrogens (tertiary/aromatic N) is 1. The molecular formula is C16H15Cl2N3O2. The van der Waals surface area contributed by atoms with Gasteiger partial charge in [-0.2, -0.15) is 0 Å². The zero-order chi connectivity index (χ0) is 16.8. The van der Waals surface area contributed by atoms with E-state index in [1.165, 1.54) is 12.3 Å².